The quantitative estimate of drug-likeness (QED) is 0.785. The van der Waals surface area contributed by atoms with Crippen molar-refractivity contribution in [3.05, 3.63) is 95.6 Å². The van der Waals surface area contributed by atoms with Gasteiger partial charge in [-0.3, -0.25) is 4.79 Å². The summed E-state index contributed by atoms with van der Waals surface area (Å²) in [6.45, 7) is 2.02. The highest BCUT2D eigenvalue weighted by molar-refractivity contribution is 6.29. The van der Waals surface area contributed by atoms with E-state index < -0.39 is 5.60 Å². The molecule has 0 aromatic heterocycles. The van der Waals surface area contributed by atoms with Crippen molar-refractivity contribution in [2.45, 2.75) is 12.5 Å². The van der Waals surface area contributed by atoms with Gasteiger partial charge in [-0.1, -0.05) is 60.2 Å². The number of ether oxygens (including phenoxy) is 1. The number of hydrogen-bond acceptors (Lipinski definition) is 3. The zero-order valence-corrected chi connectivity index (χ0v) is 13.7. The maximum atomic E-state index is 12.7. The van der Waals surface area contributed by atoms with Gasteiger partial charge in [0.05, 0.1) is 5.57 Å². The van der Waals surface area contributed by atoms with Gasteiger partial charge in [0.1, 0.15) is 0 Å². The van der Waals surface area contributed by atoms with Crippen LogP contribution < -0.4 is 0 Å². The predicted molar refractivity (Wildman–Crippen MR) is 96.5 cm³/mol. The highest BCUT2D eigenvalue weighted by Gasteiger charge is 2.46. The Bertz CT molecular complexity index is 929. The first kappa shape index (κ1) is 15.3. The Labute approximate surface area is 145 Å². The Morgan fingerprint density at radius 3 is 2.08 bits per heavy atom. The van der Waals surface area contributed by atoms with Crippen molar-refractivity contribution in [2.24, 2.45) is 0 Å². The molecular weight excluding hydrogens is 312 g/mol. The Balaban J connectivity index is 2.00. The van der Waals surface area contributed by atoms with E-state index in [1.165, 1.54) is 12.2 Å². The van der Waals surface area contributed by atoms with Gasteiger partial charge in [0.15, 0.2) is 11.4 Å². The van der Waals surface area contributed by atoms with Crippen LogP contribution in [0.15, 0.2) is 78.9 Å². The molecule has 0 saturated carbocycles. The molecule has 0 atom stereocenters. The Morgan fingerprint density at radius 1 is 0.800 bits per heavy atom. The third kappa shape index (κ3) is 2.54. The van der Waals surface area contributed by atoms with Gasteiger partial charge in [-0.2, -0.15) is 0 Å². The average Bonchev–Trinajstić information content (AvgIpc) is 2.91. The molecule has 0 radical (unpaired) electrons. The van der Waals surface area contributed by atoms with Crippen LogP contribution in [0.4, 0.5) is 0 Å². The van der Waals surface area contributed by atoms with E-state index in [4.69, 9.17) is 4.74 Å². The lowest BCUT2D eigenvalue weighted by atomic mass is 9.82. The molecule has 3 heteroatoms. The van der Waals surface area contributed by atoms with Crippen molar-refractivity contribution in [2.75, 3.05) is 0 Å². The van der Waals surface area contributed by atoms with Crippen LogP contribution in [0.1, 0.15) is 16.7 Å². The lowest BCUT2D eigenvalue weighted by Crippen LogP contribution is -2.28. The summed E-state index contributed by atoms with van der Waals surface area (Å²) in [4.78, 5) is 24.3. The third-order valence-corrected chi connectivity index (χ3v) is 4.50. The van der Waals surface area contributed by atoms with Crippen LogP contribution in [0.25, 0.3) is 11.1 Å². The van der Waals surface area contributed by atoms with Crippen LogP contribution >= 0.6 is 0 Å². The number of allylic oxidation sites excluding steroid dienone is 2. The molecule has 2 aromatic carbocycles. The smallest absolute Gasteiger partial charge is 0.340 e. The minimum atomic E-state index is -1.04. The summed E-state index contributed by atoms with van der Waals surface area (Å²) in [6, 6.07) is 17.4. The molecule has 0 saturated heterocycles. The first-order valence-corrected chi connectivity index (χ1v) is 8.12. The summed E-state index contributed by atoms with van der Waals surface area (Å²) >= 11 is 0. The first-order valence-electron chi connectivity index (χ1n) is 8.12. The van der Waals surface area contributed by atoms with Crippen LogP contribution in [-0.2, 0) is 14.3 Å². The van der Waals surface area contributed by atoms with Crippen molar-refractivity contribution < 1.29 is 14.3 Å². The molecular formula is C22H16O3. The van der Waals surface area contributed by atoms with Crippen LogP contribution in [-0.4, -0.2) is 17.4 Å². The zero-order valence-electron chi connectivity index (χ0n) is 13.7. The van der Waals surface area contributed by atoms with Crippen LogP contribution in [0.5, 0.6) is 0 Å². The van der Waals surface area contributed by atoms with Gasteiger partial charge >= 0.3 is 5.97 Å². The fourth-order valence-corrected chi connectivity index (χ4v) is 3.27. The molecule has 0 amide bonds. The molecule has 1 heterocycles. The number of benzene rings is 2. The maximum Gasteiger partial charge on any atom is 0.340 e. The van der Waals surface area contributed by atoms with Crippen molar-refractivity contribution in [1.29, 1.82) is 0 Å². The molecule has 4 rings (SSSR count). The lowest BCUT2D eigenvalue weighted by Gasteiger charge is -2.26. The fraction of sp³-hybridized carbons (Fsp3) is 0.0909. The average molecular weight is 328 g/mol. The number of rotatable bonds is 2. The molecule has 1 aliphatic carbocycles. The van der Waals surface area contributed by atoms with Crippen LogP contribution in [0, 0.1) is 6.92 Å². The summed E-state index contributed by atoms with van der Waals surface area (Å²) in [6.07, 6.45) is 6.24. The van der Waals surface area contributed by atoms with Crippen molar-refractivity contribution in [1.82, 2.24) is 0 Å². The van der Waals surface area contributed by atoms with E-state index in [0.29, 0.717) is 5.57 Å². The Morgan fingerprint density at radius 2 is 1.44 bits per heavy atom. The van der Waals surface area contributed by atoms with E-state index >= 15 is 0 Å². The summed E-state index contributed by atoms with van der Waals surface area (Å²) < 4.78 is 5.76. The minimum Gasteiger partial charge on any atom is -0.442 e. The zero-order chi connectivity index (χ0) is 17.4. The van der Waals surface area contributed by atoms with E-state index in [0.717, 1.165) is 22.3 Å². The van der Waals surface area contributed by atoms with Gasteiger partial charge in [-0.15, -0.1) is 0 Å². The van der Waals surface area contributed by atoms with E-state index in [2.05, 4.69) is 0 Å². The summed E-state index contributed by atoms with van der Waals surface area (Å²) in [5.74, 6) is -0.497. The second-order valence-corrected chi connectivity index (χ2v) is 6.23. The largest absolute Gasteiger partial charge is 0.442 e. The minimum absolute atomic E-state index is 0.113. The number of carbonyl (C=O) groups is 2. The Hall–Kier alpha value is -3.20. The van der Waals surface area contributed by atoms with Gasteiger partial charge < -0.3 is 4.74 Å². The highest BCUT2D eigenvalue weighted by atomic mass is 16.6. The van der Waals surface area contributed by atoms with Crippen LogP contribution in [0.2, 0.25) is 0 Å². The standard InChI is InChI=1S/C22H16O3/c1-15-7-9-17(10-8-15)20-19(16-5-3-2-4-6-16)21(24)25-22(20)13-11-18(23)12-14-22/h2-14H,1H3. The summed E-state index contributed by atoms with van der Waals surface area (Å²) in [5.41, 5.74) is 3.11. The molecule has 25 heavy (non-hydrogen) atoms. The third-order valence-electron chi connectivity index (χ3n) is 4.50. The molecule has 1 aliphatic heterocycles. The molecule has 0 fully saturated rings. The molecule has 2 aromatic rings. The van der Waals surface area contributed by atoms with E-state index in [1.54, 1.807) is 12.2 Å². The van der Waals surface area contributed by atoms with Crippen molar-refractivity contribution in [3.63, 3.8) is 0 Å². The van der Waals surface area contributed by atoms with Gasteiger partial charge in [0, 0.05) is 5.57 Å². The SMILES string of the molecule is Cc1ccc(C2=C(c3ccccc3)C(=O)OC23C=CC(=O)C=C3)cc1. The number of aryl methyl sites for hydroxylation is 1. The van der Waals surface area contributed by atoms with Crippen molar-refractivity contribution in [3.8, 4) is 0 Å². The molecule has 0 bridgehead atoms. The fourth-order valence-electron chi connectivity index (χ4n) is 3.27. The molecule has 2 aliphatic rings. The molecule has 122 valence electrons. The number of esters is 1. The summed E-state index contributed by atoms with van der Waals surface area (Å²) in [7, 11) is 0. The normalized spacial score (nSPS) is 18.1. The van der Waals surface area contributed by atoms with E-state index in [9.17, 15) is 9.59 Å². The van der Waals surface area contributed by atoms with Gasteiger partial charge in [-0.05, 0) is 42.4 Å². The lowest BCUT2D eigenvalue weighted by molar-refractivity contribution is -0.139. The van der Waals surface area contributed by atoms with E-state index in [1.807, 2.05) is 61.5 Å². The molecule has 0 N–H and O–H groups in total. The predicted octanol–water partition coefficient (Wildman–Crippen LogP) is 3.90. The van der Waals surface area contributed by atoms with Gasteiger partial charge in [0.25, 0.3) is 0 Å². The number of carbonyl (C=O) groups excluding carboxylic acids is 2. The number of ketones is 1. The Kier molecular flexibility index (Phi) is 3.50. The van der Waals surface area contributed by atoms with Gasteiger partial charge in [0.2, 0.25) is 0 Å². The second-order valence-electron chi connectivity index (χ2n) is 6.23. The van der Waals surface area contributed by atoms with Gasteiger partial charge in [-0.25, -0.2) is 4.79 Å². The second kappa shape index (κ2) is 5.71. The maximum absolute atomic E-state index is 12.7. The van der Waals surface area contributed by atoms with E-state index in [-0.39, 0.29) is 11.8 Å². The van der Waals surface area contributed by atoms with Crippen LogP contribution in [0.3, 0.4) is 0 Å². The monoisotopic (exact) mass is 328 g/mol. The number of hydrogen-bond donors (Lipinski definition) is 0. The molecule has 1 spiro atoms. The van der Waals surface area contributed by atoms with Crippen molar-refractivity contribution >= 4 is 22.9 Å². The highest BCUT2D eigenvalue weighted by Crippen LogP contribution is 2.46. The summed E-state index contributed by atoms with van der Waals surface area (Å²) in [5, 5.41) is 0. The topological polar surface area (TPSA) is 43.4 Å². The first-order chi connectivity index (χ1) is 12.1. The molecule has 0 unspecified atom stereocenters. The molecule has 3 nitrogen and oxygen atoms in total.